The van der Waals surface area contributed by atoms with E-state index in [2.05, 4.69) is 21.0 Å². The SMILES string of the molecule is CC(C)N1N=C(c2ccccc2Cl)C(C)(Br)C1=O. The molecule has 0 aliphatic carbocycles. The highest BCUT2D eigenvalue weighted by Crippen LogP contribution is 2.35. The normalized spacial score (nSPS) is 23.8. The molecule has 0 saturated carbocycles. The summed E-state index contributed by atoms with van der Waals surface area (Å²) in [6.45, 7) is 5.67. The fourth-order valence-corrected chi connectivity index (χ4v) is 2.57. The molecule has 0 fully saturated rings. The number of halogens is 2. The van der Waals surface area contributed by atoms with Gasteiger partial charge >= 0.3 is 0 Å². The van der Waals surface area contributed by atoms with E-state index >= 15 is 0 Å². The van der Waals surface area contributed by atoms with E-state index in [-0.39, 0.29) is 11.9 Å². The van der Waals surface area contributed by atoms with Gasteiger partial charge in [-0.2, -0.15) is 5.10 Å². The minimum Gasteiger partial charge on any atom is -0.271 e. The Kier molecular flexibility index (Phi) is 3.52. The minimum atomic E-state index is -0.817. The lowest BCUT2D eigenvalue weighted by Gasteiger charge is -2.20. The summed E-state index contributed by atoms with van der Waals surface area (Å²) in [4.78, 5) is 12.3. The second-order valence-corrected chi connectivity index (χ2v) is 6.67. The predicted molar refractivity (Wildman–Crippen MR) is 77.3 cm³/mol. The quantitative estimate of drug-likeness (QED) is 0.765. The number of rotatable bonds is 2. The molecule has 96 valence electrons. The molecular formula is C13H14BrClN2O. The first-order chi connectivity index (χ1) is 8.35. The third kappa shape index (κ3) is 2.08. The van der Waals surface area contributed by atoms with Crippen molar-refractivity contribution < 1.29 is 4.79 Å². The Morgan fingerprint density at radius 3 is 2.50 bits per heavy atom. The Hall–Kier alpha value is -0.870. The standard InChI is InChI=1S/C13H14BrClN2O/c1-8(2)17-12(18)13(3,14)11(16-17)9-6-4-5-7-10(9)15/h4-8H,1-3H3. The van der Waals surface area contributed by atoms with Crippen LogP contribution in [0.2, 0.25) is 5.02 Å². The fourth-order valence-electron chi connectivity index (χ4n) is 1.87. The van der Waals surface area contributed by atoms with Crippen molar-refractivity contribution in [3.05, 3.63) is 34.9 Å². The highest BCUT2D eigenvalue weighted by molar-refractivity contribution is 9.10. The summed E-state index contributed by atoms with van der Waals surface area (Å²) < 4.78 is -0.817. The van der Waals surface area contributed by atoms with Gasteiger partial charge in [0.15, 0.2) is 0 Å². The number of alkyl halides is 1. The summed E-state index contributed by atoms with van der Waals surface area (Å²) >= 11 is 9.65. The van der Waals surface area contributed by atoms with Crippen LogP contribution in [-0.4, -0.2) is 27.0 Å². The third-order valence-electron chi connectivity index (χ3n) is 2.88. The predicted octanol–water partition coefficient (Wildman–Crippen LogP) is 3.45. The monoisotopic (exact) mass is 328 g/mol. The van der Waals surface area contributed by atoms with Gasteiger partial charge in [-0.25, -0.2) is 5.01 Å². The van der Waals surface area contributed by atoms with E-state index in [9.17, 15) is 4.79 Å². The zero-order valence-electron chi connectivity index (χ0n) is 10.4. The molecule has 0 radical (unpaired) electrons. The smallest absolute Gasteiger partial charge is 0.265 e. The van der Waals surface area contributed by atoms with Crippen LogP contribution < -0.4 is 0 Å². The number of benzene rings is 1. The molecule has 5 heteroatoms. The van der Waals surface area contributed by atoms with E-state index in [4.69, 9.17) is 11.6 Å². The van der Waals surface area contributed by atoms with Crippen LogP contribution in [0.3, 0.4) is 0 Å². The Bertz CT molecular complexity index is 525. The van der Waals surface area contributed by atoms with Crippen molar-refractivity contribution >= 4 is 39.1 Å². The van der Waals surface area contributed by atoms with Crippen LogP contribution in [0.5, 0.6) is 0 Å². The van der Waals surface area contributed by atoms with Gasteiger partial charge in [-0.15, -0.1) is 0 Å². The molecule has 1 atom stereocenters. The highest BCUT2D eigenvalue weighted by Gasteiger charge is 2.47. The number of carbonyl (C=O) groups excluding carboxylic acids is 1. The summed E-state index contributed by atoms with van der Waals surface area (Å²) in [6, 6.07) is 7.43. The number of amides is 1. The van der Waals surface area contributed by atoms with Crippen molar-refractivity contribution in [1.82, 2.24) is 5.01 Å². The molecule has 1 heterocycles. The lowest BCUT2D eigenvalue weighted by atomic mass is 9.98. The zero-order chi connectivity index (χ0) is 13.5. The molecule has 0 spiro atoms. The summed E-state index contributed by atoms with van der Waals surface area (Å²) in [7, 11) is 0. The minimum absolute atomic E-state index is 0.0226. The van der Waals surface area contributed by atoms with Gasteiger partial charge in [-0.05, 0) is 26.8 Å². The maximum absolute atomic E-state index is 12.3. The van der Waals surface area contributed by atoms with Crippen molar-refractivity contribution in [2.75, 3.05) is 0 Å². The largest absolute Gasteiger partial charge is 0.271 e. The summed E-state index contributed by atoms with van der Waals surface area (Å²) in [5.41, 5.74) is 1.45. The molecule has 3 nitrogen and oxygen atoms in total. The molecular weight excluding hydrogens is 316 g/mol. The first kappa shape index (κ1) is 13.6. The molecule has 0 saturated heterocycles. The molecule has 1 amide bonds. The van der Waals surface area contributed by atoms with Crippen molar-refractivity contribution in [3.8, 4) is 0 Å². The number of hydrogen-bond acceptors (Lipinski definition) is 2. The molecule has 1 aromatic rings. The van der Waals surface area contributed by atoms with Crippen LogP contribution in [0.4, 0.5) is 0 Å². The average molecular weight is 330 g/mol. The van der Waals surface area contributed by atoms with Gasteiger partial charge in [0.1, 0.15) is 4.32 Å². The molecule has 1 aromatic carbocycles. The number of hydrazone groups is 1. The lowest BCUT2D eigenvalue weighted by molar-refractivity contribution is -0.131. The van der Waals surface area contributed by atoms with Crippen LogP contribution in [0.25, 0.3) is 0 Å². The topological polar surface area (TPSA) is 32.7 Å². The van der Waals surface area contributed by atoms with Gasteiger partial charge < -0.3 is 0 Å². The van der Waals surface area contributed by atoms with E-state index in [1.807, 2.05) is 32.0 Å². The Balaban J connectivity index is 2.53. The summed E-state index contributed by atoms with van der Waals surface area (Å²) in [5, 5.41) is 6.51. The van der Waals surface area contributed by atoms with Crippen LogP contribution >= 0.6 is 27.5 Å². The van der Waals surface area contributed by atoms with Gasteiger partial charge in [0, 0.05) is 10.6 Å². The first-order valence-electron chi connectivity index (χ1n) is 5.72. The molecule has 1 unspecified atom stereocenters. The molecule has 1 aliphatic heterocycles. The number of nitrogens with zero attached hydrogens (tertiary/aromatic N) is 2. The van der Waals surface area contributed by atoms with Crippen LogP contribution in [0.1, 0.15) is 26.3 Å². The number of carbonyl (C=O) groups is 1. The van der Waals surface area contributed by atoms with Gasteiger partial charge in [-0.1, -0.05) is 45.7 Å². The zero-order valence-corrected chi connectivity index (χ0v) is 12.8. The van der Waals surface area contributed by atoms with Crippen LogP contribution in [0.15, 0.2) is 29.4 Å². The number of hydrogen-bond donors (Lipinski definition) is 0. The van der Waals surface area contributed by atoms with Crippen molar-refractivity contribution in [2.24, 2.45) is 5.10 Å². The molecule has 1 aliphatic rings. The average Bonchev–Trinajstić information content (AvgIpc) is 2.52. The fraction of sp³-hybridized carbons (Fsp3) is 0.385. The molecule has 0 N–H and O–H groups in total. The highest BCUT2D eigenvalue weighted by atomic mass is 79.9. The Morgan fingerprint density at radius 2 is 2.00 bits per heavy atom. The maximum atomic E-state index is 12.3. The molecule has 0 aromatic heterocycles. The van der Waals surface area contributed by atoms with E-state index in [0.717, 1.165) is 5.56 Å². The van der Waals surface area contributed by atoms with E-state index < -0.39 is 4.32 Å². The lowest BCUT2D eigenvalue weighted by Crippen LogP contribution is -2.40. The molecule has 18 heavy (non-hydrogen) atoms. The molecule has 2 rings (SSSR count). The van der Waals surface area contributed by atoms with Gasteiger partial charge in [0.2, 0.25) is 0 Å². The Labute approximate surface area is 120 Å². The van der Waals surface area contributed by atoms with Crippen LogP contribution in [0, 0.1) is 0 Å². The molecule has 0 bridgehead atoms. The van der Waals surface area contributed by atoms with E-state index in [1.54, 1.807) is 13.0 Å². The van der Waals surface area contributed by atoms with Crippen molar-refractivity contribution in [1.29, 1.82) is 0 Å². The third-order valence-corrected chi connectivity index (χ3v) is 3.92. The first-order valence-corrected chi connectivity index (χ1v) is 6.89. The van der Waals surface area contributed by atoms with Crippen LogP contribution in [-0.2, 0) is 4.79 Å². The second-order valence-electron chi connectivity index (χ2n) is 4.67. The maximum Gasteiger partial charge on any atom is 0.265 e. The van der Waals surface area contributed by atoms with Gasteiger partial charge in [0.25, 0.3) is 5.91 Å². The van der Waals surface area contributed by atoms with E-state index in [1.165, 1.54) is 5.01 Å². The van der Waals surface area contributed by atoms with Crippen molar-refractivity contribution in [2.45, 2.75) is 31.1 Å². The van der Waals surface area contributed by atoms with Crippen molar-refractivity contribution in [3.63, 3.8) is 0 Å². The second kappa shape index (κ2) is 4.67. The summed E-state index contributed by atoms with van der Waals surface area (Å²) in [6.07, 6.45) is 0. The van der Waals surface area contributed by atoms with E-state index in [0.29, 0.717) is 10.7 Å². The van der Waals surface area contributed by atoms with Gasteiger partial charge in [0.05, 0.1) is 11.8 Å². The summed E-state index contributed by atoms with van der Waals surface area (Å²) in [5.74, 6) is -0.0626. The van der Waals surface area contributed by atoms with Gasteiger partial charge in [-0.3, -0.25) is 4.79 Å². The Morgan fingerprint density at radius 1 is 1.39 bits per heavy atom.